The summed E-state index contributed by atoms with van der Waals surface area (Å²) in [6.45, 7) is 1.69. The van der Waals surface area contributed by atoms with Gasteiger partial charge in [0.2, 0.25) is 0 Å². The predicted octanol–water partition coefficient (Wildman–Crippen LogP) is 4.51. The molecule has 0 saturated heterocycles. The van der Waals surface area contributed by atoms with Gasteiger partial charge in [-0.25, -0.2) is 0 Å². The standard InChI is InChI=1S/C18H15Cl2N3O2S/c1-25-13-3-2-10(15-9-4-5-21-8-14(9)26-17(13)15)18(24)23-16-11(19)6-22-7-12(16)20/h2-3,6-7,21H,4-5,8H2,1H3,(H,22,23,24). The molecule has 1 aromatic carbocycles. The van der Waals surface area contributed by atoms with Gasteiger partial charge in [0.15, 0.2) is 0 Å². The molecular weight excluding hydrogens is 393 g/mol. The van der Waals surface area contributed by atoms with Gasteiger partial charge in [0.05, 0.1) is 27.5 Å². The summed E-state index contributed by atoms with van der Waals surface area (Å²) < 4.78 is 6.49. The van der Waals surface area contributed by atoms with Crippen molar-refractivity contribution in [3.05, 3.63) is 50.6 Å². The molecule has 0 spiro atoms. The highest BCUT2D eigenvalue weighted by Gasteiger charge is 2.24. The van der Waals surface area contributed by atoms with Crippen molar-refractivity contribution in [1.82, 2.24) is 10.3 Å². The fourth-order valence-corrected chi connectivity index (χ4v) is 4.97. The Kier molecular flexibility index (Phi) is 4.75. The molecule has 2 N–H and O–H groups in total. The number of rotatable bonds is 3. The Hall–Kier alpha value is -1.86. The number of hydrogen-bond donors (Lipinski definition) is 2. The van der Waals surface area contributed by atoms with Crippen LogP contribution in [0.3, 0.4) is 0 Å². The number of pyridine rings is 1. The van der Waals surface area contributed by atoms with Crippen LogP contribution in [0.1, 0.15) is 20.8 Å². The number of benzene rings is 1. The average molecular weight is 408 g/mol. The van der Waals surface area contributed by atoms with E-state index in [1.54, 1.807) is 24.5 Å². The molecular formula is C18H15Cl2N3O2S. The molecule has 0 unspecified atom stereocenters. The molecule has 2 aromatic heterocycles. The Morgan fingerprint density at radius 3 is 2.81 bits per heavy atom. The van der Waals surface area contributed by atoms with Crippen molar-refractivity contribution in [3.63, 3.8) is 0 Å². The number of methoxy groups -OCH3 is 1. The second kappa shape index (κ2) is 7.04. The molecule has 0 bridgehead atoms. The molecule has 134 valence electrons. The third-order valence-electron chi connectivity index (χ3n) is 4.38. The van der Waals surface area contributed by atoms with E-state index in [4.69, 9.17) is 27.9 Å². The summed E-state index contributed by atoms with van der Waals surface area (Å²) in [6.07, 6.45) is 3.77. The highest BCUT2D eigenvalue weighted by atomic mass is 35.5. The molecule has 0 fully saturated rings. The van der Waals surface area contributed by atoms with Gasteiger partial charge < -0.3 is 15.4 Å². The van der Waals surface area contributed by atoms with Crippen LogP contribution in [0.5, 0.6) is 5.75 Å². The Bertz CT molecular complexity index is 999. The monoisotopic (exact) mass is 407 g/mol. The number of hydrogen-bond acceptors (Lipinski definition) is 5. The zero-order chi connectivity index (χ0) is 18.3. The quantitative estimate of drug-likeness (QED) is 0.670. The van der Waals surface area contributed by atoms with Crippen molar-refractivity contribution in [3.8, 4) is 5.75 Å². The van der Waals surface area contributed by atoms with Crippen molar-refractivity contribution in [2.24, 2.45) is 0 Å². The summed E-state index contributed by atoms with van der Waals surface area (Å²) in [5.41, 5.74) is 2.16. The van der Waals surface area contributed by atoms with Crippen LogP contribution < -0.4 is 15.4 Å². The third kappa shape index (κ3) is 2.93. The fraction of sp³-hybridized carbons (Fsp3) is 0.222. The van der Waals surface area contributed by atoms with Gasteiger partial charge in [-0.1, -0.05) is 23.2 Å². The minimum absolute atomic E-state index is 0.258. The number of carbonyl (C=O) groups is 1. The lowest BCUT2D eigenvalue weighted by Crippen LogP contribution is -2.22. The van der Waals surface area contributed by atoms with Gasteiger partial charge in [-0.15, -0.1) is 11.3 Å². The predicted molar refractivity (Wildman–Crippen MR) is 106 cm³/mol. The van der Waals surface area contributed by atoms with E-state index in [9.17, 15) is 4.79 Å². The number of fused-ring (bicyclic) bond motifs is 3. The maximum absolute atomic E-state index is 13.0. The topological polar surface area (TPSA) is 63.2 Å². The van der Waals surface area contributed by atoms with E-state index in [-0.39, 0.29) is 5.91 Å². The molecule has 0 saturated carbocycles. The minimum atomic E-state index is -0.258. The number of ether oxygens (including phenoxy) is 1. The summed E-state index contributed by atoms with van der Waals surface area (Å²) in [4.78, 5) is 18.2. The highest BCUT2D eigenvalue weighted by molar-refractivity contribution is 7.19. The van der Waals surface area contributed by atoms with E-state index in [0.717, 1.165) is 35.3 Å². The average Bonchev–Trinajstić information content (AvgIpc) is 3.03. The molecule has 1 amide bonds. The summed E-state index contributed by atoms with van der Waals surface area (Å²) in [5.74, 6) is 0.516. The first-order chi connectivity index (χ1) is 12.6. The number of halogens is 2. The highest BCUT2D eigenvalue weighted by Crippen LogP contribution is 2.41. The van der Waals surface area contributed by atoms with Crippen LogP contribution >= 0.6 is 34.5 Å². The Balaban J connectivity index is 1.83. The summed E-state index contributed by atoms with van der Waals surface area (Å²) in [6, 6.07) is 3.61. The van der Waals surface area contributed by atoms with Crippen LogP contribution in [0.4, 0.5) is 5.69 Å². The van der Waals surface area contributed by atoms with E-state index in [0.29, 0.717) is 21.3 Å². The number of aromatic nitrogens is 1. The van der Waals surface area contributed by atoms with Crippen molar-refractivity contribution < 1.29 is 9.53 Å². The van der Waals surface area contributed by atoms with E-state index < -0.39 is 0 Å². The molecule has 4 rings (SSSR count). The van der Waals surface area contributed by atoms with Crippen LogP contribution in [0.2, 0.25) is 10.0 Å². The molecule has 1 aliphatic heterocycles. The zero-order valence-electron chi connectivity index (χ0n) is 13.9. The largest absolute Gasteiger partial charge is 0.495 e. The van der Waals surface area contributed by atoms with Gasteiger partial charge in [0.25, 0.3) is 5.91 Å². The van der Waals surface area contributed by atoms with Gasteiger partial charge in [0, 0.05) is 34.8 Å². The van der Waals surface area contributed by atoms with Crippen LogP contribution in [-0.4, -0.2) is 24.5 Å². The van der Waals surface area contributed by atoms with Crippen LogP contribution in [0.15, 0.2) is 24.5 Å². The van der Waals surface area contributed by atoms with Crippen LogP contribution in [-0.2, 0) is 13.0 Å². The number of thiophene rings is 1. The number of carbonyl (C=O) groups excluding carboxylic acids is 1. The van der Waals surface area contributed by atoms with Crippen molar-refractivity contribution in [2.45, 2.75) is 13.0 Å². The number of nitrogens with one attached hydrogen (secondary N) is 2. The fourth-order valence-electron chi connectivity index (χ4n) is 3.17. The lowest BCUT2D eigenvalue weighted by molar-refractivity contribution is 0.102. The number of anilines is 1. The Labute approximate surface area is 164 Å². The molecule has 0 atom stereocenters. The van der Waals surface area contributed by atoms with Crippen molar-refractivity contribution in [1.29, 1.82) is 0 Å². The number of amides is 1. The summed E-state index contributed by atoms with van der Waals surface area (Å²) in [7, 11) is 1.64. The second-order valence-electron chi connectivity index (χ2n) is 5.88. The van der Waals surface area contributed by atoms with E-state index in [2.05, 4.69) is 15.6 Å². The van der Waals surface area contributed by atoms with Gasteiger partial charge in [-0.3, -0.25) is 9.78 Å². The van der Waals surface area contributed by atoms with Crippen molar-refractivity contribution >= 4 is 56.2 Å². The summed E-state index contributed by atoms with van der Waals surface area (Å²) in [5, 5.41) is 7.74. The van der Waals surface area contributed by atoms with E-state index >= 15 is 0 Å². The first-order valence-electron chi connectivity index (χ1n) is 8.02. The van der Waals surface area contributed by atoms with E-state index in [1.165, 1.54) is 22.8 Å². The second-order valence-corrected chi connectivity index (χ2v) is 7.80. The number of nitrogens with zero attached hydrogens (tertiary/aromatic N) is 1. The normalized spacial score (nSPS) is 13.5. The Morgan fingerprint density at radius 2 is 2.08 bits per heavy atom. The molecule has 0 aliphatic carbocycles. The third-order valence-corrected chi connectivity index (χ3v) is 6.20. The zero-order valence-corrected chi connectivity index (χ0v) is 16.2. The minimum Gasteiger partial charge on any atom is -0.495 e. The Morgan fingerprint density at radius 1 is 1.31 bits per heavy atom. The summed E-state index contributed by atoms with van der Waals surface area (Å²) >= 11 is 13.9. The smallest absolute Gasteiger partial charge is 0.256 e. The van der Waals surface area contributed by atoms with Gasteiger partial charge in [-0.05, 0) is 30.7 Å². The maximum atomic E-state index is 13.0. The van der Waals surface area contributed by atoms with E-state index in [1.807, 2.05) is 6.07 Å². The maximum Gasteiger partial charge on any atom is 0.256 e. The molecule has 3 heterocycles. The van der Waals surface area contributed by atoms with Crippen molar-refractivity contribution in [2.75, 3.05) is 19.0 Å². The SMILES string of the molecule is COc1ccc(C(=O)Nc2c(Cl)cncc2Cl)c2c3c(sc12)CNCC3. The lowest BCUT2D eigenvalue weighted by Gasteiger charge is -2.14. The van der Waals surface area contributed by atoms with Gasteiger partial charge in [-0.2, -0.15) is 0 Å². The molecule has 0 radical (unpaired) electrons. The molecule has 5 nitrogen and oxygen atoms in total. The molecule has 8 heteroatoms. The first kappa shape index (κ1) is 17.5. The molecule has 26 heavy (non-hydrogen) atoms. The van der Waals surface area contributed by atoms with Gasteiger partial charge in [0.1, 0.15) is 5.75 Å². The molecule has 1 aliphatic rings. The van der Waals surface area contributed by atoms with Crippen LogP contribution in [0.25, 0.3) is 10.1 Å². The van der Waals surface area contributed by atoms with Gasteiger partial charge >= 0.3 is 0 Å². The lowest BCUT2D eigenvalue weighted by atomic mass is 9.99. The van der Waals surface area contributed by atoms with Crippen LogP contribution in [0, 0.1) is 0 Å². The molecule has 3 aromatic rings. The first-order valence-corrected chi connectivity index (χ1v) is 9.59.